The first-order chi connectivity index (χ1) is 19.1. The molecule has 3 aromatic rings. The summed E-state index contributed by atoms with van der Waals surface area (Å²) >= 11 is 0. The van der Waals surface area contributed by atoms with Crippen LogP contribution in [0, 0.1) is 17.7 Å². The molecule has 2 atom stereocenters. The van der Waals surface area contributed by atoms with E-state index in [9.17, 15) is 22.4 Å². The summed E-state index contributed by atoms with van der Waals surface area (Å²) < 4.78 is 41.9. The van der Waals surface area contributed by atoms with E-state index in [0.717, 1.165) is 26.1 Å². The number of sulfone groups is 1. The molecule has 2 amide bonds. The van der Waals surface area contributed by atoms with Gasteiger partial charge in [0.05, 0.1) is 27.6 Å². The number of carbonyl (C=O) groups is 2. The topological polar surface area (TPSA) is 86.8 Å². The molecule has 5 rings (SSSR count). The van der Waals surface area contributed by atoms with Crippen molar-refractivity contribution in [3.05, 3.63) is 89.2 Å². The molecule has 0 saturated carbocycles. The average Bonchev–Trinajstić information content (AvgIpc) is 2.99. The Morgan fingerprint density at radius 3 is 2.42 bits per heavy atom. The van der Waals surface area contributed by atoms with Gasteiger partial charge in [-0.25, -0.2) is 12.8 Å². The number of rotatable bonds is 7. The van der Waals surface area contributed by atoms with Gasteiger partial charge in [0.2, 0.25) is 9.84 Å². The first kappa shape index (κ1) is 28.0. The van der Waals surface area contributed by atoms with Crippen molar-refractivity contribution in [1.82, 2.24) is 10.2 Å². The van der Waals surface area contributed by atoms with Crippen molar-refractivity contribution in [1.29, 1.82) is 0 Å². The van der Waals surface area contributed by atoms with Gasteiger partial charge in [-0.05, 0) is 67.6 Å². The molecule has 210 valence electrons. The third-order valence-corrected chi connectivity index (χ3v) is 9.48. The lowest BCUT2D eigenvalue weighted by atomic mass is 9.92. The highest BCUT2D eigenvalue weighted by Crippen LogP contribution is 2.38. The molecular weight excluding hydrogens is 529 g/mol. The predicted molar refractivity (Wildman–Crippen MR) is 152 cm³/mol. The normalized spacial score (nSPS) is 20.4. The van der Waals surface area contributed by atoms with Crippen molar-refractivity contribution >= 4 is 27.3 Å². The molecule has 0 radical (unpaired) electrons. The van der Waals surface area contributed by atoms with E-state index in [1.807, 2.05) is 0 Å². The summed E-state index contributed by atoms with van der Waals surface area (Å²) in [6, 6.07) is 16.3. The van der Waals surface area contributed by atoms with E-state index in [4.69, 9.17) is 0 Å². The lowest BCUT2D eigenvalue weighted by Crippen LogP contribution is -2.40. The number of hydrogen-bond acceptors (Lipinski definition) is 5. The van der Waals surface area contributed by atoms with Crippen LogP contribution in [0.5, 0.6) is 0 Å². The smallest absolute Gasteiger partial charge is 0.259 e. The SMILES string of the molecule is CC1CC(C)CN(CCCNC(=O)c2ccc3c(c2)N(Cc2ccccc2F)C(=O)c2ccccc2S3(=O)=O)C1. The summed E-state index contributed by atoms with van der Waals surface area (Å²) in [6.45, 7) is 7.82. The van der Waals surface area contributed by atoms with Gasteiger partial charge < -0.3 is 15.1 Å². The monoisotopic (exact) mass is 563 g/mol. The molecule has 0 aromatic heterocycles. The number of nitrogens with zero attached hydrogens (tertiary/aromatic N) is 2. The number of anilines is 1. The van der Waals surface area contributed by atoms with Crippen LogP contribution in [0.3, 0.4) is 0 Å². The van der Waals surface area contributed by atoms with Gasteiger partial charge in [-0.1, -0.05) is 44.2 Å². The third kappa shape index (κ3) is 5.67. The van der Waals surface area contributed by atoms with Crippen LogP contribution in [-0.2, 0) is 16.4 Å². The van der Waals surface area contributed by atoms with E-state index < -0.39 is 21.6 Å². The molecule has 2 aliphatic rings. The highest BCUT2D eigenvalue weighted by molar-refractivity contribution is 7.91. The van der Waals surface area contributed by atoms with Crippen molar-refractivity contribution in [3.8, 4) is 0 Å². The van der Waals surface area contributed by atoms with E-state index in [0.29, 0.717) is 18.4 Å². The number of benzene rings is 3. The van der Waals surface area contributed by atoms with Gasteiger partial charge in [-0.3, -0.25) is 9.59 Å². The molecule has 2 aliphatic heterocycles. The lowest BCUT2D eigenvalue weighted by Gasteiger charge is -2.34. The maximum Gasteiger partial charge on any atom is 0.259 e. The van der Waals surface area contributed by atoms with Gasteiger partial charge in [0.1, 0.15) is 5.82 Å². The Bertz CT molecular complexity index is 1530. The van der Waals surface area contributed by atoms with Crippen LogP contribution in [0.4, 0.5) is 10.1 Å². The van der Waals surface area contributed by atoms with Gasteiger partial charge in [-0.2, -0.15) is 0 Å². The predicted octanol–water partition coefficient (Wildman–Crippen LogP) is 4.92. The Morgan fingerprint density at radius 2 is 1.68 bits per heavy atom. The number of nitrogens with one attached hydrogen (secondary N) is 1. The summed E-state index contributed by atoms with van der Waals surface area (Å²) in [5.74, 6) is -0.126. The van der Waals surface area contributed by atoms with Crippen LogP contribution in [0.15, 0.2) is 76.5 Å². The third-order valence-electron chi connectivity index (χ3n) is 7.62. The number of fused-ring (bicyclic) bond motifs is 2. The molecule has 2 unspecified atom stereocenters. The number of carbonyl (C=O) groups excluding carboxylic acids is 2. The Kier molecular flexibility index (Phi) is 8.05. The van der Waals surface area contributed by atoms with E-state index in [-0.39, 0.29) is 44.6 Å². The van der Waals surface area contributed by atoms with Crippen LogP contribution in [0.1, 0.15) is 53.0 Å². The second-order valence-corrected chi connectivity index (χ2v) is 12.9. The molecule has 3 aromatic carbocycles. The minimum absolute atomic E-state index is 0.00221. The second-order valence-electron chi connectivity index (χ2n) is 11.0. The second kappa shape index (κ2) is 11.5. The Morgan fingerprint density at radius 1 is 0.975 bits per heavy atom. The molecule has 1 fully saturated rings. The van der Waals surface area contributed by atoms with E-state index >= 15 is 0 Å². The zero-order valence-electron chi connectivity index (χ0n) is 22.8. The van der Waals surface area contributed by atoms with E-state index in [2.05, 4.69) is 24.1 Å². The molecule has 40 heavy (non-hydrogen) atoms. The molecule has 0 bridgehead atoms. The standard InChI is InChI=1S/C31H34FN3O4S/c1-21-16-22(2)19-34(18-21)15-7-14-33-30(36)23-12-13-29-27(17-23)35(20-24-8-3-5-10-26(24)32)31(37)25-9-4-6-11-28(25)40(29,38)39/h3-6,8-13,17,21-22H,7,14-16,18-20H2,1-2H3,(H,33,36). The van der Waals surface area contributed by atoms with Crippen molar-refractivity contribution in [2.24, 2.45) is 11.8 Å². The zero-order chi connectivity index (χ0) is 28.4. The molecule has 9 heteroatoms. The van der Waals surface area contributed by atoms with Crippen LogP contribution in [0.25, 0.3) is 0 Å². The lowest BCUT2D eigenvalue weighted by molar-refractivity contribution is 0.0944. The van der Waals surface area contributed by atoms with Crippen LogP contribution >= 0.6 is 0 Å². The minimum Gasteiger partial charge on any atom is -0.352 e. The van der Waals surface area contributed by atoms with Crippen LogP contribution in [-0.4, -0.2) is 51.3 Å². The van der Waals surface area contributed by atoms with Gasteiger partial charge in [0.25, 0.3) is 11.8 Å². The number of amides is 2. The van der Waals surface area contributed by atoms with Gasteiger partial charge in [-0.15, -0.1) is 0 Å². The first-order valence-electron chi connectivity index (χ1n) is 13.7. The Hall–Kier alpha value is -3.56. The molecule has 7 nitrogen and oxygen atoms in total. The highest BCUT2D eigenvalue weighted by atomic mass is 32.2. The summed E-state index contributed by atoms with van der Waals surface area (Å²) in [6.07, 6.45) is 2.03. The number of likely N-dealkylation sites (tertiary alicyclic amines) is 1. The first-order valence-corrected chi connectivity index (χ1v) is 15.2. The molecule has 1 N–H and O–H groups in total. The van der Waals surface area contributed by atoms with Crippen molar-refractivity contribution < 1.29 is 22.4 Å². The van der Waals surface area contributed by atoms with E-state index in [1.54, 1.807) is 30.3 Å². The summed E-state index contributed by atoms with van der Waals surface area (Å²) in [7, 11) is -4.08. The fraction of sp³-hybridized carbons (Fsp3) is 0.355. The van der Waals surface area contributed by atoms with Crippen molar-refractivity contribution in [3.63, 3.8) is 0 Å². The highest BCUT2D eigenvalue weighted by Gasteiger charge is 2.36. The largest absolute Gasteiger partial charge is 0.352 e. The fourth-order valence-corrected chi connectivity index (χ4v) is 7.51. The summed E-state index contributed by atoms with van der Waals surface area (Å²) in [5, 5.41) is 2.93. The maximum atomic E-state index is 14.6. The van der Waals surface area contributed by atoms with Gasteiger partial charge >= 0.3 is 0 Å². The maximum absolute atomic E-state index is 14.6. The van der Waals surface area contributed by atoms with Crippen molar-refractivity contribution in [2.45, 2.75) is 43.0 Å². The molecule has 1 saturated heterocycles. The van der Waals surface area contributed by atoms with Crippen LogP contribution in [0.2, 0.25) is 0 Å². The van der Waals surface area contributed by atoms with Crippen LogP contribution < -0.4 is 10.2 Å². The molecular formula is C31H34FN3O4S. The Labute approximate surface area is 234 Å². The van der Waals surface area contributed by atoms with Crippen molar-refractivity contribution in [2.75, 3.05) is 31.1 Å². The van der Waals surface area contributed by atoms with E-state index in [1.165, 1.54) is 47.7 Å². The molecule has 0 aliphatic carbocycles. The summed E-state index contributed by atoms with van der Waals surface area (Å²) in [5.41, 5.74) is 0.511. The molecule has 0 spiro atoms. The zero-order valence-corrected chi connectivity index (χ0v) is 23.6. The van der Waals surface area contributed by atoms with Gasteiger partial charge in [0, 0.05) is 30.8 Å². The number of hydrogen-bond donors (Lipinski definition) is 1. The average molecular weight is 564 g/mol. The quantitative estimate of drug-likeness (QED) is 0.413. The summed E-state index contributed by atoms with van der Waals surface area (Å²) in [4.78, 5) is 30.3. The fourth-order valence-electron chi connectivity index (χ4n) is 5.88. The number of halogens is 1. The Balaban J connectivity index is 1.41. The number of piperidine rings is 1. The molecule has 2 heterocycles. The van der Waals surface area contributed by atoms with Gasteiger partial charge in [0.15, 0.2) is 0 Å². The minimum atomic E-state index is -4.08.